The van der Waals surface area contributed by atoms with E-state index in [1.807, 2.05) is 63.2 Å². The number of carbonyl (C=O) groups is 3. The van der Waals surface area contributed by atoms with Gasteiger partial charge in [0.2, 0.25) is 11.8 Å². The molecular formula is C28H30FN3O3. The molecule has 0 aromatic heterocycles. The third kappa shape index (κ3) is 7.50. The number of amides is 3. The molecule has 0 radical (unpaired) electrons. The van der Waals surface area contributed by atoms with Crippen LogP contribution in [0.4, 0.5) is 10.1 Å². The predicted molar refractivity (Wildman–Crippen MR) is 134 cm³/mol. The SMILES string of the molecule is CC(NC(=O)C(NC(=O)Cc1ccccc1)C(C)C)c1ccc(NC(=O)c2ccc(F)cc2)cc1. The van der Waals surface area contributed by atoms with Gasteiger partial charge in [-0.2, -0.15) is 0 Å². The van der Waals surface area contributed by atoms with Crippen LogP contribution in [0.1, 0.15) is 48.3 Å². The lowest BCUT2D eigenvalue weighted by Gasteiger charge is -2.24. The fourth-order valence-electron chi connectivity index (χ4n) is 3.59. The largest absolute Gasteiger partial charge is 0.348 e. The number of hydrogen-bond donors (Lipinski definition) is 3. The molecule has 3 amide bonds. The zero-order valence-corrected chi connectivity index (χ0v) is 20.0. The summed E-state index contributed by atoms with van der Waals surface area (Å²) in [5.74, 6) is -1.31. The highest BCUT2D eigenvalue weighted by Gasteiger charge is 2.25. The highest BCUT2D eigenvalue weighted by atomic mass is 19.1. The smallest absolute Gasteiger partial charge is 0.255 e. The van der Waals surface area contributed by atoms with E-state index in [2.05, 4.69) is 16.0 Å². The molecule has 3 aromatic rings. The topological polar surface area (TPSA) is 87.3 Å². The van der Waals surface area contributed by atoms with Gasteiger partial charge in [-0.25, -0.2) is 4.39 Å². The van der Waals surface area contributed by atoms with E-state index in [0.717, 1.165) is 11.1 Å². The Morgan fingerprint density at radius 2 is 1.43 bits per heavy atom. The number of carbonyl (C=O) groups excluding carboxylic acids is 3. The van der Waals surface area contributed by atoms with Crippen molar-refractivity contribution >= 4 is 23.4 Å². The van der Waals surface area contributed by atoms with E-state index in [0.29, 0.717) is 11.3 Å². The van der Waals surface area contributed by atoms with Gasteiger partial charge < -0.3 is 16.0 Å². The Morgan fingerprint density at radius 3 is 2.03 bits per heavy atom. The standard InChI is InChI=1S/C28H30FN3O3/c1-18(2)26(32-25(33)17-20-7-5-4-6-8-20)28(35)30-19(3)21-11-15-24(16-12-21)31-27(34)22-9-13-23(29)14-10-22/h4-16,18-19,26H,17H2,1-3H3,(H,30,35)(H,31,34)(H,32,33). The molecule has 0 aliphatic carbocycles. The summed E-state index contributed by atoms with van der Waals surface area (Å²) in [6.45, 7) is 5.62. The van der Waals surface area contributed by atoms with E-state index in [9.17, 15) is 18.8 Å². The molecule has 0 saturated heterocycles. The molecule has 3 rings (SSSR count). The number of halogens is 1. The summed E-state index contributed by atoms with van der Waals surface area (Å²) in [6.07, 6.45) is 0.206. The quantitative estimate of drug-likeness (QED) is 0.421. The molecule has 0 spiro atoms. The number of hydrogen-bond acceptors (Lipinski definition) is 3. The van der Waals surface area contributed by atoms with Crippen molar-refractivity contribution in [2.75, 3.05) is 5.32 Å². The molecule has 7 heteroatoms. The summed E-state index contributed by atoms with van der Waals surface area (Å²) >= 11 is 0. The van der Waals surface area contributed by atoms with Crippen molar-refractivity contribution in [1.29, 1.82) is 0 Å². The Morgan fingerprint density at radius 1 is 0.800 bits per heavy atom. The van der Waals surface area contributed by atoms with Crippen molar-refractivity contribution in [2.24, 2.45) is 5.92 Å². The highest BCUT2D eigenvalue weighted by molar-refractivity contribution is 6.04. The van der Waals surface area contributed by atoms with Crippen LogP contribution in [-0.2, 0) is 16.0 Å². The summed E-state index contributed by atoms with van der Waals surface area (Å²) in [4.78, 5) is 37.7. The first-order chi connectivity index (χ1) is 16.7. The van der Waals surface area contributed by atoms with Crippen LogP contribution in [0.15, 0.2) is 78.9 Å². The zero-order valence-electron chi connectivity index (χ0n) is 20.0. The van der Waals surface area contributed by atoms with Crippen LogP contribution in [0.2, 0.25) is 0 Å². The first kappa shape index (κ1) is 25.6. The van der Waals surface area contributed by atoms with E-state index in [1.165, 1.54) is 24.3 Å². The first-order valence-electron chi connectivity index (χ1n) is 11.5. The van der Waals surface area contributed by atoms with Gasteiger partial charge in [-0.3, -0.25) is 14.4 Å². The van der Waals surface area contributed by atoms with Gasteiger partial charge in [-0.15, -0.1) is 0 Å². The van der Waals surface area contributed by atoms with Crippen LogP contribution < -0.4 is 16.0 Å². The minimum absolute atomic E-state index is 0.0917. The Kier molecular flexibility index (Phi) is 8.73. The average Bonchev–Trinajstić information content (AvgIpc) is 2.83. The Bertz CT molecular complexity index is 1150. The van der Waals surface area contributed by atoms with Crippen LogP contribution in [-0.4, -0.2) is 23.8 Å². The van der Waals surface area contributed by atoms with Gasteiger partial charge in [0.05, 0.1) is 12.5 Å². The summed E-state index contributed by atoms with van der Waals surface area (Å²) in [6, 6.07) is 20.8. The molecule has 2 unspecified atom stereocenters. The van der Waals surface area contributed by atoms with Crippen molar-refractivity contribution in [2.45, 2.75) is 39.3 Å². The second-order valence-electron chi connectivity index (χ2n) is 8.76. The maximum Gasteiger partial charge on any atom is 0.255 e. The number of benzene rings is 3. The maximum absolute atomic E-state index is 13.1. The van der Waals surface area contributed by atoms with Crippen molar-refractivity contribution in [3.63, 3.8) is 0 Å². The summed E-state index contributed by atoms with van der Waals surface area (Å²) in [5, 5.41) is 8.57. The van der Waals surface area contributed by atoms with E-state index in [1.54, 1.807) is 12.1 Å². The van der Waals surface area contributed by atoms with E-state index < -0.39 is 11.9 Å². The second kappa shape index (κ2) is 11.9. The minimum Gasteiger partial charge on any atom is -0.348 e. The second-order valence-corrected chi connectivity index (χ2v) is 8.76. The predicted octanol–water partition coefficient (Wildman–Crippen LogP) is 4.64. The fraction of sp³-hybridized carbons (Fsp3) is 0.250. The normalized spacial score (nSPS) is 12.5. The van der Waals surface area contributed by atoms with E-state index in [4.69, 9.17) is 0 Å². The molecule has 0 bridgehead atoms. The van der Waals surface area contributed by atoms with Crippen molar-refractivity contribution in [3.8, 4) is 0 Å². The zero-order chi connectivity index (χ0) is 25.4. The molecule has 0 heterocycles. The third-order valence-corrected chi connectivity index (χ3v) is 5.61. The van der Waals surface area contributed by atoms with Gasteiger partial charge in [-0.05, 0) is 60.4 Å². The van der Waals surface area contributed by atoms with Crippen LogP contribution in [0.3, 0.4) is 0 Å². The van der Waals surface area contributed by atoms with Crippen LogP contribution >= 0.6 is 0 Å². The lowest BCUT2D eigenvalue weighted by atomic mass is 10.0. The van der Waals surface area contributed by atoms with Crippen molar-refractivity contribution < 1.29 is 18.8 Å². The highest BCUT2D eigenvalue weighted by Crippen LogP contribution is 2.18. The van der Waals surface area contributed by atoms with Gasteiger partial charge in [0.15, 0.2) is 0 Å². The summed E-state index contributed by atoms with van der Waals surface area (Å²) in [7, 11) is 0. The molecule has 0 saturated carbocycles. The Balaban J connectivity index is 1.57. The van der Waals surface area contributed by atoms with Crippen LogP contribution in [0.5, 0.6) is 0 Å². The molecule has 0 aliphatic rings. The maximum atomic E-state index is 13.1. The number of rotatable bonds is 9. The molecule has 35 heavy (non-hydrogen) atoms. The molecule has 0 fully saturated rings. The lowest BCUT2D eigenvalue weighted by Crippen LogP contribution is -2.50. The molecular weight excluding hydrogens is 445 g/mol. The van der Waals surface area contributed by atoms with Gasteiger partial charge in [0.1, 0.15) is 11.9 Å². The van der Waals surface area contributed by atoms with Gasteiger partial charge in [-0.1, -0.05) is 56.3 Å². The molecule has 6 nitrogen and oxygen atoms in total. The van der Waals surface area contributed by atoms with E-state index in [-0.39, 0.29) is 36.1 Å². The Labute approximate surface area is 204 Å². The summed E-state index contributed by atoms with van der Waals surface area (Å²) < 4.78 is 13.1. The monoisotopic (exact) mass is 475 g/mol. The van der Waals surface area contributed by atoms with Gasteiger partial charge in [0, 0.05) is 11.3 Å². The minimum atomic E-state index is -0.664. The number of nitrogens with one attached hydrogen (secondary N) is 3. The molecule has 3 aromatic carbocycles. The van der Waals surface area contributed by atoms with Crippen molar-refractivity contribution in [3.05, 3.63) is 101 Å². The Hall–Kier alpha value is -4.00. The fourth-order valence-corrected chi connectivity index (χ4v) is 3.59. The van der Waals surface area contributed by atoms with Crippen LogP contribution in [0.25, 0.3) is 0 Å². The molecule has 3 N–H and O–H groups in total. The third-order valence-electron chi connectivity index (χ3n) is 5.61. The van der Waals surface area contributed by atoms with Crippen LogP contribution in [0, 0.1) is 11.7 Å². The first-order valence-corrected chi connectivity index (χ1v) is 11.5. The molecule has 2 atom stereocenters. The van der Waals surface area contributed by atoms with Gasteiger partial charge in [0.25, 0.3) is 5.91 Å². The van der Waals surface area contributed by atoms with Crippen molar-refractivity contribution in [1.82, 2.24) is 10.6 Å². The average molecular weight is 476 g/mol. The van der Waals surface area contributed by atoms with Gasteiger partial charge >= 0.3 is 0 Å². The molecule has 0 aliphatic heterocycles. The van der Waals surface area contributed by atoms with E-state index >= 15 is 0 Å². The summed E-state index contributed by atoms with van der Waals surface area (Å²) in [5.41, 5.74) is 2.66. The number of anilines is 1. The lowest BCUT2D eigenvalue weighted by molar-refractivity contribution is -0.130. The molecule has 182 valence electrons.